The van der Waals surface area contributed by atoms with Gasteiger partial charge in [0.05, 0.1) is 12.7 Å². The molecule has 0 aliphatic rings. The Labute approximate surface area is 189 Å². The fraction of sp³-hybridized carbons (Fsp3) is 0.200. The first-order valence-electron chi connectivity index (χ1n) is 10.1. The molecule has 1 amide bonds. The molecule has 0 bridgehead atoms. The van der Waals surface area contributed by atoms with Crippen molar-refractivity contribution < 1.29 is 32.2 Å². The summed E-state index contributed by atoms with van der Waals surface area (Å²) in [7, 11) is 1.19. The number of alkyl halides is 3. The predicted molar refractivity (Wildman–Crippen MR) is 116 cm³/mol. The van der Waals surface area contributed by atoms with Gasteiger partial charge in [-0.05, 0) is 47.5 Å². The lowest BCUT2D eigenvalue weighted by Gasteiger charge is -2.17. The third-order valence-corrected chi connectivity index (χ3v) is 4.85. The molecule has 33 heavy (non-hydrogen) atoms. The van der Waals surface area contributed by atoms with E-state index < -0.39 is 29.7 Å². The zero-order chi connectivity index (χ0) is 23.8. The second-order valence-electron chi connectivity index (χ2n) is 7.25. The van der Waals surface area contributed by atoms with Gasteiger partial charge in [-0.25, -0.2) is 4.79 Å². The van der Waals surface area contributed by atoms with Gasteiger partial charge in [0.2, 0.25) is 0 Å². The lowest BCUT2D eigenvalue weighted by atomic mass is 10.0. The molecule has 3 aromatic rings. The second kappa shape index (κ2) is 10.7. The summed E-state index contributed by atoms with van der Waals surface area (Å²) in [6.07, 6.45) is -4.39. The smallest absolute Gasteiger partial charge is 0.416 e. The van der Waals surface area contributed by atoms with Gasteiger partial charge in [0.1, 0.15) is 18.4 Å². The Morgan fingerprint density at radius 2 is 1.58 bits per heavy atom. The average molecular weight is 457 g/mol. The minimum absolute atomic E-state index is 0.00292. The van der Waals surface area contributed by atoms with Crippen molar-refractivity contribution in [3.8, 4) is 5.75 Å². The number of benzene rings is 3. The Morgan fingerprint density at radius 3 is 2.21 bits per heavy atom. The van der Waals surface area contributed by atoms with E-state index in [1.165, 1.54) is 7.11 Å². The van der Waals surface area contributed by atoms with Crippen molar-refractivity contribution in [2.75, 3.05) is 7.11 Å². The molecular weight excluding hydrogens is 435 g/mol. The zero-order valence-electron chi connectivity index (χ0n) is 17.8. The molecule has 0 aromatic heterocycles. The quantitative estimate of drug-likeness (QED) is 0.494. The van der Waals surface area contributed by atoms with Gasteiger partial charge in [-0.2, -0.15) is 13.2 Å². The first-order chi connectivity index (χ1) is 15.8. The Kier molecular flexibility index (Phi) is 7.71. The van der Waals surface area contributed by atoms with E-state index in [0.29, 0.717) is 17.9 Å². The van der Waals surface area contributed by atoms with E-state index >= 15 is 0 Å². The molecule has 172 valence electrons. The first kappa shape index (κ1) is 23.8. The van der Waals surface area contributed by atoms with Crippen LogP contribution in [0.4, 0.5) is 13.2 Å². The number of hydrogen-bond acceptors (Lipinski definition) is 4. The minimum atomic E-state index is -4.50. The molecule has 8 heteroatoms. The van der Waals surface area contributed by atoms with Crippen LogP contribution in [0.3, 0.4) is 0 Å². The van der Waals surface area contributed by atoms with E-state index in [-0.39, 0.29) is 12.0 Å². The maximum absolute atomic E-state index is 12.7. The topological polar surface area (TPSA) is 64.6 Å². The zero-order valence-corrected chi connectivity index (χ0v) is 17.8. The van der Waals surface area contributed by atoms with Crippen molar-refractivity contribution in [1.29, 1.82) is 0 Å². The number of methoxy groups -OCH3 is 1. The number of halogens is 3. The molecule has 0 aliphatic heterocycles. The Balaban J connectivity index is 1.68. The fourth-order valence-electron chi connectivity index (χ4n) is 3.13. The standard InChI is InChI=1S/C25H22F3NO4/c1-32-24(31)22(29-23(30)19-10-12-20(13-11-19)25(26,27)28)15-18-8-5-9-21(14-18)33-16-17-6-3-2-4-7-17/h2-14,22H,15-16H2,1H3,(H,29,30)/t22-/m1/s1. The molecule has 3 aromatic carbocycles. The van der Waals surface area contributed by atoms with E-state index in [4.69, 9.17) is 9.47 Å². The van der Waals surface area contributed by atoms with Crippen LogP contribution >= 0.6 is 0 Å². The van der Waals surface area contributed by atoms with Crippen LogP contribution in [0.5, 0.6) is 5.75 Å². The number of carbonyl (C=O) groups excluding carboxylic acids is 2. The van der Waals surface area contributed by atoms with Crippen LogP contribution in [0.25, 0.3) is 0 Å². The minimum Gasteiger partial charge on any atom is -0.489 e. The van der Waals surface area contributed by atoms with Crippen molar-refractivity contribution in [3.05, 3.63) is 101 Å². The van der Waals surface area contributed by atoms with Crippen molar-refractivity contribution in [1.82, 2.24) is 5.32 Å². The van der Waals surface area contributed by atoms with Gasteiger partial charge < -0.3 is 14.8 Å². The summed E-state index contributed by atoms with van der Waals surface area (Å²) >= 11 is 0. The van der Waals surface area contributed by atoms with Gasteiger partial charge in [0.25, 0.3) is 5.91 Å². The number of rotatable bonds is 8. The molecular formula is C25H22F3NO4. The maximum Gasteiger partial charge on any atom is 0.416 e. The lowest BCUT2D eigenvalue weighted by Crippen LogP contribution is -2.43. The number of amides is 1. The molecule has 0 spiro atoms. The second-order valence-corrected chi connectivity index (χ2v) is 7.25. The summed E-state index contributed by atoms with van der Waals surface area (Å²) in [5.74, 6) is -0.768. The SMILES string of the molecule is COC(=O)[C@@H](Cc1cccc(OCc2ccccc2)c1)NC(=O)c1ccc(C(F)(F)F)cc1. The normalized spacial score (nSPS) is 12.0. The predicted octanol–water partition coefficient (Wildman–Crippen LogP) is 4.80. The molecule has 3 rings (SSSR count). The summed E-state index contributed by atoms with van der Waals surface area (Å²) in [6, 6.07) is 19.4. The van der Waals surface area contributed by atoms with Crippen LogP contribution in [0.1, 0.15) is 27.0 Å². The molecule has 0 saturated carbocycles. The van der Waals surface area contributed by atoms with Gasteiger partial charge in [0.15, 0.2) is 0 Å². The van der Waals surface area contributed by atoms with Gasteiger partial charge in [-0.1, -0.05) is 42.5 Å². The molecule has 0 unspecified atom stereocenters. The molecule has 0 aliphatic carbocycles. The third kappa shape index (κ3) is 6.83. The highest BCUT2D eigenvalue weighted by molar-refractivity contribution is 5.96. The van der Waals surface area contributed by atoms with E-state index in [0.717, 1.165) is 29.8 Å². The average Bonchev–Trinajstić information content (AvgIpc) is 2.82. The molecule has 1 atom stereocenters. The molecule has 5 nitrogen and oxygen atoms in total. The van der Waals surface area contributed by atoms with Gasteiger partial charge in [-0.15, -0.1) is 0 Å². The largest absolute Gasteiger partial charge is 0.489 e. The van der Waals surface area contributed by atoms with Crippen LogP contribution in [0.15, 0.2) is 78.9 Å². The van der Waals surface area contributed by atoms with Gasteiger partial charge in [0, 0.05) is 12.0 Å². The van der Waals surface area contributed by atoms with Crippen LogP contribution in [0.2, 0.25) is 0 Å². The summed E-state index contributed by atoms with van der Waals surface area (Å²) in [6.45, 7) is 0.370. The Morgan fingerprint density at radius 1 is 0.909 bits per heavy atom. The van der Waals surface area contributed by atoms with Crippen LogP contribution in [-0.2, 0) is 28.7 Å². The van der Waals surface area contributed by atoms with Gasteiger partial charge >= 0.3 is 12.1 Å². The van der Waals surface area contributed by atoms with Crippen molar-refractivity contribution in [3.63, 3.8) is 0 Å². The maximum atomic E-state index is 12.7. The van der Waals surface area contributed by atoms with E-state index in [2.05, 4.69) is 5.32 Å². The van der Waals surface area contributed by atoms with E-state index in [1.54, 1.807) is 24.3 Å². The molecule has 0 radical (unpaired) electrons. The Bertz CT molecular complexity index is 1080. The number of nitrogens with one attached hydrogen (secondary N) is 1. The highest BCUT2D eigenvalue weighted by atomic mass is 19.4. The number of esters is 1. The number of ether oxygens (including phenoxy) is 2. The molecule has 0 heterocycles. The molecule has 0 saturated heterocycles. The van der Waals surface area contributed by atoms with E-state index in [9.17, 15) is 22.8 Å². The van der Waals surface area contributed by atoms with Crippen molar-refractivity contribution in [2.24, 2.45) is 0 Å². The summed E-state index contributed by atoms with van der Waals surface area (Å²) in [4.78, 5) is 24.8. The summed E-state index contributed by atoms with van der Waals surface area (Å²) < 4.78 is 48.8. The first-order valence-corrected chi connectivity index (χ1v) is 10.1. The highest BCUT2D eigenvalue weighted by Gasteiger charge is 2.30. The fourth-order valence-corrected chi connectivity index (χ4v) is 3.13. The van der Waals surface area contributed by atoms with Crippen molar-refractivity contribution in [2.45, 2.75) is 25.2 Å². The monoisotopic (exact) mass is 457 g/mol. The summed E-state index contributed by atoms with van der Waals surface area (Å²) in [5.41, 5.74) is 0.843. The number of hydrogen-bond donors (Lipinski definition) is 1. The molecule has 0 fully saturated rings. The third-order valence-electron chi connectivity index (χ3n) is 4.85. The Hall–Kier alpha value is -3.81. The highest BCUT2D eigenvalue weighted by Crippen LogP contribution is 2.29. The summed E-state index contributed by atoms with van der Waals surface area (Å²) in [5, 5.41) is 2.53. The lowest BCUT2D eigenvalue weighted by molar-refractivity contribution is -0.142. The van der Waals surface area contributed by atoms with Crippen LogP contribution in [0, 0.1) is 0 Å². The van der Waals surface area contributed by atoms with Crippen LogP contribution in [-0.4, -0.2) is 25.0 Å². The number of carbonyl (C=O) groups is 2. The van der Waals surface area contributed by atoms with Crippen LogP contribution < -0.4 is 10.1 Å². The van der Waals surface area contributed by atoms with Crippen molar-refractivity contribution >= 4 is 11.9 Å². The van der Waals surface area contributed by atoms with Gasteiger partial charge in [-0.3, -0.25) is 4.79 Å². The molecule has 1 N–H and O–H groups in total. The van der Waals surface area contributed by atoms with E-state index in [1.807, 2.05) is 30.3 Å².